The molecule has 3 N–H and O–H groups in total. The molecule has 0 atom stereocenters. The van der Waals surface area contributed by atoms with Crippen LogP contribution in [0.2, 0.25) is 0 Å². The monoisotopic (exact) mass is 530 g/mol. The molecule has 4 aromatic rings. The van der Waals surface area contributed by atoms with Gasteiger partial charge in [-0.15, -0.1) is 0 Å². The van der Waals surface area contributed by atoms with Gasteiger partial charge in [0.2, 0.25) is 0 Å². The van der Waals surface area contributed by atoms with E-state index in [-0.39, 0.29) is 23.9 Å². The highest BCUT2D eigenvalue weighted by Crippen LogP contribution is 2.26. The maximum atomic E-state index is 13.6. The predicted molar refractivity (Wildman–Crippen MR) is 151 cm³/mol. The molecule has 0 aliphatic heterocycles. The van der Waals surface area contributed by atoms with E-state index in [1.54, 1.807) is 29.1 Å². The number of aromatic amines is 1. The lowest BCUT2D eigenvalue weighted by Crippen LogP contribution is -2.41. The molecule has 4 rings (SSSR count). The van der Waals surface area contributed by atoms with Gasteiger partial charge in [0.05, 0.1) is 11.4 Å². The van der Waals surface area contributed by atoms with Crippen LogP contribution < -0.4 is 21.9 Å². The maximum absolute atomic E-state index is 13.6. The second kappa shape index (κ2) is 12.2. The van der Waals surface area contributed by atoms with Crippen molar-refractivity contribution in [3.8, 4) is 16.9 Å². The van der Waals surface area contributed by atoms with E-state index in [2.05, 4.69) is 10.1 Å². The number of nitrogens with zero attached hydrogens (tertiary/aromatic N) is 4. The molecule has 0 radical (unpaired) electrons. The number of amides is 1. The number of nitrogen functional groups attached to an aromatic ring is 1. The summed E-state index contributed by atoms with van der Waals surface area (Å²) in [6.07, 6.45) is 6.76. The number of carbonyl (C=O) groups excluding carboxylic acids is 1. The molecule has 0 unspecified atom stereocenters. The molecule has 0 aliphatic rings. The van der Waals surface area contributed by atoms with E-state index in [0.29, 0.717) is 36.2 Å². The van der Waals surface area contributed by atoms with E-state index in [0.717, 1.165) is 12.1 Å². The van der Waals surface area contributed by atoms with Crippen molar-refractivity contribution < 1.29 is 9.18 Å². The van der Waals surface area contributed by atoms with Crippen molar-refractivity contribution in [3.63, 3.8) is 0 Å². The number of hydrogen-bond acceptors (Lipinski definition) is 5. The fraction of sp³-hybridized carbons (Fsp3) is 0.241. The van der Waals surface area contributed by atoms with Crippen molar-refractivity contribution in [3.05, 3.63) is 99.1 Å². The Hall–Kier alpha value is -4.73. The maximum Gasteiger partial charge on any atom is 0.330 e. The molecule has 0 spiro atoms. The summed E-state index contributed by atoms with van der Waals surface area (Å²) in [5.74, 6) is -0.889. The minimum Gasteiger partial charge on any atom is -0.383 e. The quantitative estimate of drug-likeness (QED) is 0.295. The number of para-hydroxylation sites is 1. The number of rotatable bonds is 10. The summed E-state index contributed by atoms with van der Waals surface area (Å²) in [5.41, 5.74) is 7.53. The van der Waals surface area contributed by atoms with Gasteiger partial charge in [-0.1, -0.05) is 38.5 Å². The van der Waals surface area contributed by atoms with Gasteiger partial charge in [-0.2, -0.15) is 5.10 Å². The second-order valence-electron chi connectivity index (χ2n) is 9.04. The highest BCUT2D eigenvalue weighted by Gasteiger charge is 2.23. The van der Waals surface area contributed by atoms with Crippen molar-refractivity contribution >= 4 is 23.5 Å². The van der Waals surface area contributed by atoms with Gasteiger partial charge >= 0.3 is 5.69 Å². The Kier molecular flexibility index (Phi) is 8.55. The fourth-order valence-corrected chi connectivity index (χ4v) is 4.24. The van der Waals surface area contributed by atoms with E-state index in [1.165, 1.54) is 27.7 Å². The summed E-state index contributed by atoms with van der Waals surface area (Å²) in [6, 6.07) is 15.4. The van der Waals surface area contributed by atoms with Crippen LogP contribution in [0.15, 0.2) is 76.5 Å². The summed E-state index contributed by atoms with van der Waals surface area (Å²) in [6.45, 7) is 4.40. The zero-order valence-corrected chi connectivity index (χ0v) is 21.9. The summed E-state index contributed by atoms with van der Waals surface area (Å²) in [4.78, 5) is 42.2. The van der Waals surface area contributed by atoms with Crippen LogP contribution in [-0.4, -0.2) is 31.8 Å². The number of aromatic nitrogens is 4. The van der Waals surface area contributed by atoms with E-state index in [9.17, 15) is 18.8 Å². The molecular weight excluding hydrogens is 499 g/mol. The molecule has 9 nitrogen and oxygen atoms in total. The lowest BCUT2D eigenvalue weighted by Gasteiger charge is -2.23. The molecule has 0 saturated heterocycles. The van der Waals surface area contributed by atoms with Crippen LogP contribution in [0.25, 0.3) is 23.0 Å². The largest absolute Gasteiger partial charge is 0.383 e. The van der Waals surface area contributed by atoms with Crippen molar-refractivity contribution in [1.82, 2.24) is 19.3 Å². The molecule has 0 fully saturated rings. The molecular formula is C29H31FN6O3. The number of halogens is 1. The van der Waals surface area contributed by atoms with Gasteiger partial charge in [-0.05, 0) is 55.3 Å². The molecule has 0 aliphatic carbocycles. The topological polar surface area (TPSA) is 119 Å². The van der Waals surface area contributed by atoms with E-state index >= 15 is 0 Å². The number of carbonyl (C=O) groups is 1. The van der Waals surface area contributed by atoms with Crippen LogP contribution in [0, 0.1) is 5.82 Å². The van der Waals surface area contributed by atoms with Crippen LogP contribution in [0.5, 0.6) is 0 Å². The highest BCUT2D eigenvalue weighted by atomic mass is 19.1. The molecule has 10 heteroatoms. The molecule has 0 saturated carbocycles. The van der Waals surface area contributed by atoms with Gasteiger partial charge in [0.1, 0.15) is 11.6 Å². The minimum atomic E-state index is -0.716. The van der Waals surface area contributed by atoms with Crippen LogP contribution >= 0.6 is 0 Å². The normalized spacial score (nSPS) is 11.3. The Labute approximate surface area is 225 Å². The Morgan fingerprint density at radius 3 is 2.46 bits per heavy atom. The summed E-state index contributed by atoms with van der Waals surface area (Å²) < 4.78 is 16.5. The summed E-state index contributed by atoms with van der Waals surface area (Å²) in [5, 5.41) is 4.69. The van der Waals surface area contributed by atoms with Crippen LogP contribution in [0.1, 0.15) is 38.7 Å². The fourth-order valence-electron chi connectivity index (χ4n) is 4.24. The average molecular weight is 531 g/mol. The molecule has 2 aromatic carbocycles. The van der Waals surface area contributed by atoms with E-state index in [1.807, 2.05) is 44.2 Å². The zero-order chi connectivity index (χ0) is 27.9. The Morgan fingerprint density at radius 1 is 1.08 bits per heavy atom. The van der Waals surface area contributed by atoms with Crippen molar-refractivity contribution in [2.45, 2.75) is 39.7 Å². The SMILES string of the molecule is CCCCN(C(=O)C=Cc1cn(-c2ccccc2)nc1-c1ccc(F)cc1)c1c(N)n(CCC)c(=O)[nH]c1=O. The molecule has 0 bridgehead atoms. The first-order valence-electron chi connectivity index (χ1n) is 12.9. The molecule has 1 amide bonds. The highest BCUT2D eigenvalue weighted by molar-refractivity contribution is 6.05. The van der Waals surface area contributed by atoms with Gasteiger partial charge in [-0.25, -0.2) is 13.9 Å². The van der Waals surface area contributed by atoms with Crippen LogP contribution in [-0.2, 0) is 11.3 Å². The smallest absolute Gasteiger partial charge is 0.330 e. The number of nitrogens with one attached hydrogen (secondary N) is 1. The zero-order valence-electron chi connectivity index (χ0n) is 21.9. The number of hydrogen-bond donors (Lipinski definition) is 2. The van der Waals surface area contributed by atoms with Crippen LogP contribution in [0.3, 0.4) is 0 Å². The van der Waals surface area contributed by atoms with E-state index in [4.69, 9.17) is 5.73 Å². The van der Waals surface area contributed by atoms with Gasteiger partial charge in [-0.3, -0.25) is 19.1 Å². The third kappa shape index (κ3) is 6.06. The lowest BCUT2D eigenvalue weighted by molar-refractivity contribution is -0.114. The number of unbranched alkanes of at least 4 members (excludes halogenated alkanes) is 1. The van der Waals surface area contributed by atoms with Gasteiger partial charge in [0, 0.05) is 36.5 Å². The number of benzene rings is 2. The minimum absolute atomic E-state index is 0.0487. The number of anilines is 2. The molecule has 202 valence electrons. The van der Waals surface area contributed by atoms with Crippen molar-refractivity contribution in [2.24, 2.45) is 0 Å². The first-order valence-corrected chi connectivity index (χ1v) is 12.9. The summed E-state index contributed by atoms with van der Waals surface area (Å²) in [7, 11) is 0. The Balaban J connectivity index is 1.76. The average Bonchev–Trinajstić information content (AvgIpc) is 3.36. The summed E-state index contributed by atoms with van der Waals surface area (Å²) >= 11 is 0. The second-order valence-corrected chi connectivity index (χ2v) is 9.04. The molecule has 39 heavy (non-hydrogen) atoms. The van der Waals surface area contributed by atoms with Crippen molar-refractivity contribution in [1.29, 1.82) is 0 Å². The number of H-pyrrole nitrogens is 1. The van der Waals surface area contributed by atoms with E-state index < -0.39 is 17.2 Å². The van der Waals surface area contributed by atoms with Gasteiger partial charge in [0.15, 0.2) is 5.69 Å². The van der Waals surface area contributed by atoms with Crippen molar-refractivity contribution in [2.75, 3.05) is 17.2 Å². The molecule has 2 aromatic heterocycles. The third-order valence-corrected chi connectivity index (χ3v) is 6.22. The van der Waals surface area contributed by atoms with Gasteiger partial charge < -0.3 is 10.6 Å². The number of nitrogens with two attached hydrogens (primary N) is 1. The molecule has 2 heterocycles. The first-order chi connectivity index (χ1) is 18.8. The standard InChI is InChI=1S/C29H31FN6O3/c1-3-5-18-34(26-27(31)35(17-4-2)29(39)32-28(26)38)24(37)16-13-21-19-36(23-9-7-6-8-10-23)33-25(21)20-11-14-22(30)15-12-20/h6-16,19H,3-5,17-18,31H2,1-2H3,(H,32,38,39). The van der Waals surface area contributed by atoms with Crippen LogP contribution in [0.4, 0.5) is 15.9 Å². The predicted octanol–water partition coefficient (Wildman–Crippen LogP) is 4.37. The first kappa shape index (κ1) is 27.3. The van der Waals surface area contributed by atoms with Gasteiger partial charge in [0.25, 0.3) is 11.5 Å². The Morgan fingerprint density at radius 2 is 1.79 bits per heavy atom. The lowest BCUT2D eigenvalue weighted by atomic mass is 10.1. The third-order valence-electron chi connectivity index (χ3n) is 6.22. The Bertz CT molecular complexity index is 1590.